The van der Waals surface area contributed by atoms with Crippen molar-refractivity contribution in [3.05, 3.63) is 83.2 Å². The lowest BCUT2D eigenvalue weighted by Crippen LogP contribution is -2.23. The van der Waals surface area contributed by atoms with Gasteiger partial charge in [-0.1, -0.05) is 6.07 Å². The summed E-state index contributed by atoms with van der Waals surface area (Å²) < 4.78 is 15.1. The van der Waals surface area contributed by atoms with E-state index in [0.29, 0.717) is 12.1 Å². The molecule has 3 rings (SSSR count). The predicted octanol–water partition coefficient (Wildman–Crippen LogP) is 3.60. The third-order valence-corrected chi connectivity index (χ3v) is 4.13. The number of nitrogens with one attached hydrogen (secondary N) is 1. The minimum absolute atomic E-state index is 0.0254. The molecule has 25 heavy (non-hydrogen) atoms. The van der Waals surface area contributed by atoms with E-state index in [1.165, 1.54) is 12.1 Å². The number of halogens is 1. The van der Waals surface area contributed by atoms with Gasteiger partial charge in [-0.05, 0) is 56.3 Å². The Morgan fingerprint density at radius 2 is 1.92 bits per heavy atom. The van der Waals surface area contributed by atoms with E-state index in [4.69, 9.17) is 0 Å². The fraction of sp³-hybridized carbons (Fsp3) is 0.200. The first-order valence-electron chi connectivity index (χ1n) is 8.15. The molecule has 0 saturated carbocycles. The first kappa shape index (κ1) is 17.0. The molecule has 0 fully saturated rings. The molecule has 4 nitrogen and oxygen atoms in total. The van der Waals surface area contributed by atoms with Crippen LogP contribution in [0.25, 0.3) is 5.69 Å². The van der Waals surface area contributed by atoms with E-state index in [1.807, 2.05) is 42.7 Å². The monoisotopic (exact) mass is 337 g/mol. The number of nitrogens with zero attached hydrogens (tertiary/aromatic N) is 2. The Labute approximate surface area is 146 Å². The number of carbonyl (C=O) groups is 1. The summed E-state index contributed by atoms with van der Waals surface area (Å²) in [6.45, 7) is 4.63. The number of aromatic nitrogens is 2. The summed E-state index contributed by atoms with van der Waals surface area (Å²) in [6.07, 6.45) is 1.73. The predicted molar refractivity (Wildman–Crippen MR) is 95.5 cm³/mol. The second-order valence-corrected chi connectivity index (χ2v) is 5.94. The van der Waals surface area contributed by atoms with Gasteiger partial charge in [0.25, 0.3) is 0 Å². The average Bonchev–Trinajstić information content (AvgIpc) is 2.91. The number of hydrogen-bond acceptors (Lipinski definition) is 3. The van der Waals surface area contributed by atoms with Crippen molar-refractivity contribution >= 4 is 5.78 Å². The van der Waals surface area contributed by atoms with E-state index < -0.39 is 0 Å². The number of ketones is 1. The van der Waals surface area contributed by atoms with Crippen molar-refractivity contribution in [2.75, 3.05) is 6.54 Å². The zero-order valence-corrected chi connectivity index (χ0v) is 14.3. The molecule has 1 N–H and O–H groups in total. The van der Waals surface area contributed by atoms with Gasteiger partial charge >= 0.3 is 0 Å². The lowest BCUT2D eigenvalue weighted by atomic mass is 10.1. The topological polar surface area (TPSA) is 46.9 Å². The Balaban J connectivity index is 1.73. The molecule has 0 aliphatic rings. The SMILES string of the molecule is Cc1cc(C(=O)CNCc2ccccn2)c(C)n1-c1ccc(F)cc1. The third kappa shape index (κ3) is 3.83. The second-order valence-electron chi connectivity index (χ2n) is 5.94. The first-order valence-corrected chi connectivity index (χ1v) is 8.15. The third-order valence-electron chi connectivity index (χ3n) is 4.13. The standard InChI is InChI=1S/C20H20FN3O/c1-14-11-19(15(2)24(14)18-8-6-16(21)7-9-18)20(25)13-22-12-17-5-3-4-10-23-17/h3-11,22H,12-13H2,1-2H3. The van der Waals surface area contributed by atoms with Crippen LogP contribution in [-0.4, -0.2) is 21.9 Å². The molecule has 128 valence electrons. The molecule has 0 bridgehead atoms. The minimum atomic E-state index is -0.277. The molecular formula is C20H20FN3O. The van der Waals surface area contributed by atoms with Crippen LogP contribution in [0.4, 0.5) is 4.39 Å². The molecule has 1 aromatic carbocycles. The lowest BCUT2D eigenvalue weighted by Gasteiger charge is -2.10. The van der Waals surface area contributed by atoms with Crippen molar-refractivity contribution in [1.82, 2.24) is 14.9 Å². The number of aryl methyl sites for hydroxylation is 1. The van der Waals surface area contributed by atoms with Crippen LogP contribution in [0.2, 0.25) is 0 Å². The molecule has 0 amide bonds. The minimum Gasteiger partial charge on any atom is -0.318 e. The van der Waals surface area contributed by atoms with Gasteiger partial charge in [-0.25, -0.2) is 4.39 Å². The molecule has 0 aliphatic carbocycles. The largest absolute Gasteiger partial charge is 0.318 e. The van der Waals surface area contributed by atoms with Crippen LogP contribution in [0.1, 0.15) is 27.4 Å². The molecule has 2 heterocycles. The van der Waals surface area contributed by atoms with Gasteiger partial charge in [0.1, 0.15) is 5.82 Å². The van der Waals surface area contributed by atoms with Gasteiger partial charge in [0.2, 0.25) is 0 Å². The van der Waals surface area contributed by atoms with E-state index in [0.717, 1.165) is 22.8 Å². The maximum Gasteiger partial charge on any atom is 0.178 e. The van der Waals surface area contributed by atoms with E-state index in [2.05, 4.69) is 10.3 Å². The van der Waals surface area contributed by atoms with Crippen molar-refractivity contribution in [3.8, 4) is 5.69 Å². The maximum atomic E-state index is 13.1. The number of pyridine rings is 1. The number of Topliss-reactive ketones (excluding diaryl/α,β-unsaturated/α-hetero) is 1. The van der Waals surface area contributed by atoms with Crippen molar-refractivity contribution in [2.45, 2.75) is 20.4 Å². The van der Waals surface area contributed by atoms with Crippen molar-refractivity contribution < 1.29 is 9.18 Å². The zero-order valence-electron chi connectivity index (χ0n) is 14.3. The molecule has 0 aliphatic heterocycles. The summed E-state index contributed by atoms with van der Waals surface area (Å²) in [5.74, 6) is -0.251. The van der Waals surface area contributed by atoms with Crippen molar-refractivity contribution in [1.29, 1.82) is 0 Å². The maximum absolute atomic E-state index is 13.1. The van der Waals surface area contributed by atoms with Crippen molar-refractivity contribution in [3.63, 3.8) is 0 Å². The number of carbonyl (C=O) groups excluding carboxylic acids is 1. The van der Waals surface area contributed by atoms with Crippen molar-refractivity contribution in [2.24, 2.45) is 0 Å². The molecule has 0 radical (unpaired) electrons. The fourth-order valence-corrected chi connectivity index (χ4v) is 2.93. The summed E-state index contributed by atoms with van der Waals surface area (Å²) in [6, 6.07) is 13.8. The Kier molecular flexibility index (Phi) is 5.05. The summed E-state index contributed by atoms with van der Waals surface area (Å²) >= 11 is 0. The summed E-state index contributed by atoms with van der Waals surface area (Å²) in [4.78, 5) is 16.8. The van der Waals surface area contributed by atoms with Crippen LogP contribution >= 0.6 is 0 Å². The Bertz CT molecular complexity index is 870. The number of benzene rings is 1. The van der Waals surface area contributed by atoms with Gasteiger partial charge in [0.05, 0.1) is 12.2 Å². The van der Waals surface area contributed by atoms with Crippen LogP contribution in [0.5, 0.6) is 0 Å². The highest BCUT2D eigenvalue weighted by atomic mass is 19.1. The molecule has 3 aromatic rings. The highest BCUT2D eigenvalue weighted by molar-refractivity contribution is 5.99. The van der Waals surface area contributed by atoms with Crippen LogP contribution in [0.3, 0.4) is 0 Å². The van der Waals surface area contributed by atoms with E-state index in [-0.39, 0.29) is 18.1 Å². The number of hydrogen-bond donors (Lipinski definition) is 1. The Morgan fingerprint density at radius 3 is 2.60 bits per heavy atom. The smallest absolute Gasteiger partial charge is 0.178 e. The Morgan fingerprint density at radius 1 is 1.16 bits per heavy atom. The van der Waals surface area contributed by atoms with E-state index in [9.17, 15) is 9.18 Å². The Hall–Kier alpha value is -2.79. The molecule has 0 atom stereocenters. The molecular weight excluding hydrogens is 317 g/mol. The van der Waals surface area contributed by atoms with Gasteiger partial charge in [-0.3, -0.25) is 9.78 Å². The van der Waals surface area contributed by atoms with Crippen LogP contribution in [-0.2, 0) is 6.54 Å². The fourth-order valence-electron chi connectivity index (χ4n) is 2.93. The highest BCUT2D eigenvalue weighted by Gasteiger charge is 2.16. The van der Waals surface area contributed by atoms with Gasteiger partial charge in [0, 0.05) is 35.4 Å². The summed E-state index contributed by atoms with van der Waals surface area (Å²) in [7, 11) is 0. The van der Waals surface area contributed by atoms with E-state index in [1.54, 1.807) is 18.3 Å². The average molecular weight is 337 g/mol. The van der Waals surface area contributed by atoms with Gasteiger partial charge in [-0.2, -0.15) is 0 Å². The summed E-state index contributed by atoms with van der Waals surface area (Å²) in [5, 5.41) is 3.13. The normalized spacial score (nSPS) is 10.8. The van der Waals surface area contributed by atoms with Crippen LogP contribution in [0.15, 0.2) is 54.7 Å². The quantitative estimate of drug-likeness (QED) is 0.699. The molecule has 0 saturated heterocycles. The highest BCUT2D eigenvalue weighted by Crippen LogP contribution is 2.21. The molecule has 0 spiro atoms. The van der Waals surface area contributed by atoms with E-state index >= 15 is 0 Å². The first-order chi connectivity index (χ1) is 12.1. The lowest BCUT2D eigenvalue weighted by molar-refractivity contribution is 0.0990. The van der Waals surface area contributed by atoms with Crippen LogP contribution in [0, 0.1) is 19.7 Å². The zero-order chi connectivity index (χ0) is 17.8. The van der Waals surface area contributed by atoms with Crippen LogP contribution < -0.4 is 5.32 Å². The molecule has 2 aromatic heterocycles. The second kappa shape index (κ2) is 7.40. The summed E-state index contributed by atoms with van der Waals surface area (Å²) in [5.41, 5.74) is 4.21. The van der Waals surface area contributed by atoms with Gasteiger partial charge in [0.15, 0.2) is 5.78 Å². The molecule has 5 heteroatoms. The number of rotatable bonds is 6. The van der Waals surface area contributed by atoms with Gasteiger partial charge < -0.3 is 9.88 Å². The molecule has 0 unspecified atom stereocenters. The van der Waals surface area contributed by atoms with Gasteiger partial charge in [-0.15, -0.1) is 0 Å².